The highest BCUT2D eigenvalue weighted by Crippen LogP contribution is 2.21. The Morgan fingerprint density at radius 2 is 1.45 bits per heavy atom. The lowest BCUT2D eigenvalue weighted by Crippen LogP contribution is -2.30. The van der Waals surface area contributed by atoms with Crippen LogP contribution in [0.2, 0.25) is 0 Å². The molecule has 6 heteroatoms. The largest absolute Gasteiger partial charge is 0.384 e. The molecule has 150 valence electrons. The molecule has 0 aliphatic heterocycles. The van der Waals surface area contributed by atoms with Gasteiger partial charge in [-0.25, -0.2) is 8.42 Å². The minimum absolute atomic E-state index is 0.0963. The summed E-state index contributed by atoms with van der Waals surface area (Å²) in [6.45, 7) is 0.541. The molecule has 0 fully saturated rings. The maximum Gasteiger partial charge on any atom is 0.258 e. The summed E-state index contributed by atoms with van der Waals surface area (Å²) >= 11 is 0. The Bertz CT molecular complexity index is 1030. The second kappa shape index (κ2) is 9.49. The van der Waals surface area contributed by atoms with Crippen molar-refractivity contribution >= 4 is 21.4 Å². The van der Waals surface area contributed by atoms with E-state index in [9.17, 15) is 13.2 Å². The summed E-state index contributed by atoms with van der Waals surface area (Å²) in [7, 11) is -1.98. The molecule has 0 aliphatic rings. The molecule has 1 amide bonds. The van der Waals surface area contributed by atoms with Crippen molar-refractivity contribution < 1.29 is 17.9 Å². The number of ether oxygens (including phenoxy) is 1. The van der Waals surface area contributed by atoms with Crippen molar-refractivity contribution in [2.24, 2.45) is 0 Å². The predicted molar refractivity (Wildman–Crippen MR) is 114 cm³/mol. The molecule has 0 N–H and O–H groups in total. The zero-order valence-electron chi connectivity index (χ0n) is 16.2. The number of hydrogen-bond donors (Lipinski definition) is 0. The number of rotatable bonds is 8. The number of nitrogens with zero attached hydrogens (tertiary/aromatic N) is 1. The molecule has 0 aliphatic carbocycles. The number of anilines is 1. The number of carbonyl (C=O) groups is 1. The molecule has 0 aromatic heterocycles. The first-order valence-corrected chi connectivity index (χ1v) is 10.9. The Kier molecular flexibility index (Phi) is 6.80. The van der Waals surface area contributed by atoms with E-state index in [1.807, 2.05) is 60.7 Å². The number of sulfone groups is 1. The van der Waals surface area contributed by atoms with E-state index in [2.05, 4.69) is 0 Å². The van der Waals surface area contributed by atoms with Gasteiger partial charge in [-0.3, -0.25) is 4.79 Å². The van der Waals surface area contributed by atoms with Gasteiger partial charge < -0.3 is 9.64 Å². The molecule has 5 nitrogen and oxygen atoms in total. The molecule has 0 spiro atoms. The third-order valence-corrected chi connectivity index (χ3v) is 6.21. The zero-order valence-corrected chi connectivity index (χ0v) is 17.0. The first kappa shape index (κ1) is 20.8. The summed E-state index contributed by atoms with van der Waals surface area (Å²) in [4.78, 5) is 15.1. The van der Waals surface area contributed by atoms with Crippen molar-refractivity contribution in [1.29, 1.82) is 0 Å². The molecule has 0 unspecified atom stereocenters. The fraction of sp³-hybridized carbons (Fsp3) is 0.174. The Morgan fingerprint density at radius 3 is 2.03 bits per heavy atom. The zero-order chi connectivity index (χ0) is 20.7. The van der Waals surface area contributed by atoms with Crippen LogP contribution in [0.3, 0.4) is 0 Å². The van der Waals surface area contributed by atoms with Crippen LogP contribution in [0, 0.1) is 0 Å². The van der Waals surface area contributed by atoms with Crippen LogP contribution >= 0.6 is 0 Å². The van der Waals surface area contributed by atoms with E-state index in [-0.39, 0.29) is 23.2 Å². The van der Waals surface area contributed by atoms with Gasteiger partial charge in [0.1, 0.15) is 0 Å². The van der Waals surface area contributed by atoms with Gasteiger partial charge in [0.25, 0.3) is 5.91 Å². The van der Waals surface area contributed by atoms with Gasteiger partial charge in [0.05, 0.1) is 23.8 Å². The van der Waals surface area contributed by atoms with Crippen LogP contribution in [-0.2, 0) is 21.1 Å². The lowest BCUT2D eigenvalue weighted by atomic mass is 10.1. The van der Waals surface area contributed by atoms with E-state index >= 15 is 0 Å². The van der Waals surface area contributed by atoms with Crippen LogP contribution in [0.15, 0.2) is 89.8 Å². The van der Waals surface area contributed by atoms with Gasteiger partial charge >= 0.3 is 0 Å². The van der Waals surface area contributed by atoms with Crippen molar-refractivity contribution in [3.8, 4) is 0 Å². The van der Waals surface area contributed by atoms with Crippen molar-refractivity contribution in [2.75, 3.05) is 24.4 Å². The van der Waals surface area contributed by atoms with Gasteiger partial charge in [-0.15, -0.1) is 0 Å². The van der Waals surface area contributed by atoms with Gasteiger partial charge in [0, 0.05) is 18.4 Å². The predicted octanol–water partition coefficient (Wildman–Crippen LogP) is 3.95. The maximum atomic E-state index is 13.2. The van der Waals surface area contributed by atoms with Gasteiger partial charge in [-0.2, -0.15) is 0 Å². The minimum atomic E-state index is -3.44. The van der Waals surface area contributed by atoms with E-state index in [1.165, 1.54) is 19.2 Å². The first-order valence-electron chi connectivity index (χ1n) is 9.24. The average molecular weight is 410 g/mol. The highest BCUT2D eigenvalue weighted by Gasteiger charge is 2.20. The molecule has 0 heterocycles. The molecule has 3 aromatic rings. The molecular weight excluding hydrogens is 386 g/mol. The summed E-state index contributed by atoms with van der Waals surface area (Å²) in [6, 6.07) is 25.2. The van der Waals surface area contributed by atoms with E-state index < -0.39 is 9.84 Å². The van der Waals surface area contributed by atoms with Crippen LogP contribution < -0.4 is 4.90 Å². The quantitative estimate of drug-likeness (QED) is 0.565. The number of benzene rings is 3. The SMILES string of the molecule is COCCS(=O)(=O)c1ccc(C(=O)N(Cc2ccccc2)c2ccccc2)cc1. The Hall–Kier alpha value is -2.96. The van der Waals surface area contributed by atoms with Crippen LogP contribution in [0.1, 0.15) is 15.9 Å². The van der Waals surface area contributed by atoms with Crippen LogP contribution in [0.4, 0.5) is 5.69 Å². The normalized spacial score (nSPS) is 11.2. The summed E-state index contributed by atoms with van der Waals surface area (Å²) in [6.07, 6.45) is 0. The molecular formula is C23H23NO4S. The lowest BCUT2D eigenvalue weighted by Gasteiger charge is -2.23. The lowest BCUT2D eigenvalue weighted by molar-refractivity contribution is 0.0985. The van der Waals surface area contributed by atoms with Gasteiger partial charge in [-0.1, -0.05) is 48.5 Å². The van der Waals surface area contributed by atoms with Crippen LogP contribution in [0.25, 0.3) is 0 Å². The minimum Gasteiger partial charge on any atom is -0.384 e. The molecule has 3 aromatic carbocycles. The van der Waals surface area contributed by atoms with Crippen molar-refractivity contribution in [2.45, 2.75) is 11.4 Å². The van der Waals surface area contributed by atoms with Crippen molar-refractivity contribution in [1.82, 2.24) is 0 Å². The summed E-state index contributed by atoms with van der Waals surface area (Å²) in [5.41, 5.74) is 2.21. The fourth-order valence-electron chi connectivity index (χ4n) is 2.93. The second-order valence-electron chi connectivity index (χ2n) is 6.55. The molecule has 0 saturated heterocycles. The number of hydrogen-bond acceptors (Lipinski definition) is 4. The van der Waals surface area contributed by atoms with Crippen molar-refractivity contribution in [3.05, 3.63) is 96.1 Å². The van der Waals surface area contributed by atoms with Crippen LogP contribution in [0.5, 0.6) is 0 Å². The number of carbonyl (C=O) groups excluding carboxylic acids is 1. The second-order valence-corrected chi connectivity index (χ2v) is 8.66. The molecule has 0 saturated carbocycles. The van der Waals surface area contributed by atoms with Gasteiger partial charge in [0.2, 0.25) is 0 Å². The fourth-order valence-corrected chi connectivity index (χ4v) is 4.10. The molecule has 0 atom stereocenters. The number of para-hydroxylation sites is 1. The molecule has 0 radical (unpaired) electrons. The Labute approximate surface area is 171 Å². The van der Waals surface area contributed by atoms with E-state index in [1.54, 1.807) is 17.0 Å². The average Bonchev–Trinajstić information content (AvgIpc) is 2.77. The highest BCUT2D eigenvalue weighted by molar-refractivity contribution is 7.91. The third kappa shape index (κ3) is 5.31. The van der Waals surface area contributed by atoms with E-state index in [0.717, 1.165) is 11.3 Å². The maximum absolute atomic E-state index is 13.2. The summed E-state index contributed by atoms with van der Waals surface area (Å²) in [5.74, 6) is -0.290. The van der Waals surface area contributed by atoms with Gasteiger partial charge in [-0.05, 0) is 42.0 Å². The topological polar surface area (TPSA) is 63.7 Å². The number of amides is 1. The van der Waals surface area contributed by atoms with Crippen LogP contribution in [-0.4, -0.2) is 33.8 Å². The monoisotopic (exact) mass is 409 g/mol. The third-order valence-electron chi connectivity index (χ3n) is 4.51. The Balaban J connectivity index is 1.88. The number of methoxy groups -OCH3 is 1. The smallest absolute Gasteiger partial charge is 0.258 e. The molecule has 0 bridgehead atoms. The van der Waals surface area contributed by atoms with E-state index in [4.69, 9.17) is 4.74 Å². The summed E-state index contributed by atoms with van der Waals surface area (Å²) < 4.78 is 29.4. The summed E-state index contributed by atoms with van der Waals surface area (Å²) in [5, 5.41) is 0. The standard InChI is InChI=1S/C23H23NO4S/c1-28-16-17-29(26,27)22-14-12-20(13-15-22)23(25)24(21-10-6-3-7-11-21)18-19-8-4-2-5-9-19/h2-15H,16-18H2,1H3. The molecule has 3 rings (SSSR count). The van der Waals surface area contributed by atoms with Crippen molar-refractivity contribution in [3.63, 3.8) is 0 Å². The van der Waals surface area contributed by atoms with E-state index in [0.29, 0.717) is 12.1 Å². The highest BCUT2D eigenvalue weighted by atomic mass is 32.2. The first-order chi connectivity index (χ1) is 14.0. The Morgan fingerprint density at radius 1 is 0.862 bits per heavy atom. The van der Waals surface area contributed by atoms with Gasteiger partial charge in [0.15, 0.2) is 9.84 Å². The molecule has 29 heavy (non-hydrogen) atoms.